The highest BCUT2D eigenvalue weighted by Crippen LogP contribution is 2.28. The van der Waals surface area contributed by atoms with Crippen LogP contribution in [0, 0.1) is 5.82 Å². The van der Waals surface area contributed by atoms with E-state index in [1.807, 2.05) is 18.2 Å². The van der Waals surface area contributed by atoms with Crippen LogP contribution >= 0.6 is 15.9 Å². The van der Waals surface area contributed by atoms with Gasteiger partial charge < -0.3 is 11.1 Å². The molecule has 0 atom stereocenters. The molecule has 2 aromatic rings. The second-order valence-corrected chi connectivity index (χ2v) is 4.93. The molecule has 0 spiro atoms. The number of anilines is 3. The third-order valence-electron chi connectivity index (χ3n) is 2.73. The van der Waals surface area contributed by atoms with Crippen LogP contribution in [0.2, 0.25) is 0 Å². The van der Waals surface area contributed by atoms with Crippen molar-refractivity contribution in [2.45, 2.75) is 13.3 Å². The van der Waals surface area contributed by atoms with Crippen molar-refractivity contribution in [3.8, 4) is 0 Å². The van der Waals surface area contributed by atoms with Crippen molar-refractivity contribution in [3.05, 3.63) is 52.3 Å². The Labute approximate surface area is 114 Å². The summed E-state index contributed by atoms with van der Waals surface area (Å²) in [6.07, 6.45) is 0.886. The van der Waals surface area contributed by atoms with E-state index in [9.17, 15) is 4.39 Å². The Hall–Kier alpha value is -1.55. The van der Waals surface area contributed by atoms with E-state index in [0.717, 1.165) is 22.1 Å². The number of aryl methyl sites for hydroxylation is 1. The second-order valence-electron chi connectivity index (χ2n) is 4.01. The van der Waals surface area contributed by atoms with Gasteiger partial charge >= 0.3 is 0 Å². The van der Waals surface area contributed by atoms with Crippen molar-refractivity contribution in [1.29, 1.82) is 0 Å². The molecule has 3 N–H and O–H groups in total. The summed E-state index contributed by atoms with van der Waals surface area (Å²) in [7, 11) is 0. The molecule has 0 radical (unpaired) electrons. The molecule has 0 aliphatic heterocycles. The molecule has 2 rings (SSSR count). The molecule has 0 aromatic heterocycles. The lowest BCUT2D eigenvalue weighted by Crippen LogP contribution is -1.99. The lowest BCUT2D eigenvalue weighted by Gasteiger charge is -2.13. The molecule has 0 saturated carbocycles. The minimum Gasteiger partial charge on any atom is -0.397 e. The molecule has 0 amide bonds. The van der Waals surface area contributed by atoms with Crippen LogP contribution in [-0.2, 0) is 6.42 Å². The van der Waals surface area contributed by atoms with E-state index in [1.54, 1.807) is 6.07 Å². The molecule has 2 nitrogen and oxygen atoms in total. The van der Waals surface area contributed by atoms with Crippen LogP contribution in [0.4, 0.5) is 21.5 Å². The lowest BCUT2D eigenvalue weighted by molar-refractivity contribution is 0.628. The van der Waals surface area contributed by atoms with Gasteiger partial charge in [0.05, 0.1) is 11.4 Å². The maximum Gasteiger partial charge on any atom is 0.125 e. The first-order valence-corrected chi connectivity index (χ1v) is 6.50. The summed E-state index contributed by atoms with van der Waals surface area (Å²) in [6.45, 7) is 2.07. The zero-order valence-electron chi connectivity index (χ0n) is 10.0. The fourth-order valence-corrected chi connectivity index (χ4v) is 2.17. The number of nitrogens with two attached hydrogens (primary N) is 1. The molecule has 0 unspecified atom stereocenters. The summed E-state index contributed by atoms with van der Waals surface area (Å²) in [5.74, 6) is -0.304. The predicted octanol–water partition coefficient (Wildman–Crippen LogP) is 4.48. The zero-order chi connectivity index (χ0) is 13.1. The Morgan fingerprint density at radius 3 is 2.67 bits per heavy atom. The number of hydrogen-bond acceptors (Lipinski definition) is 2. The van der Waals surface area contributed by atoms with Gasteiger partial charge in [-0.15, -0.1) is 0 Å². The van der Waals surface area contributed by atoms with Gasteiger partial charge in [0, 0.05) is 10.2 Å². The first-order valence-electron chi connectivity index (χ1n) is 5.70. The van der Waals surface area contributed by atoms with E-state index in [-0.39, 0.29) is 5.82 Å². The molecule has 2 aromatic carbocycles. The van der Waals surface area contributed by atoms with Gasteiger partial charge in [-0.3, -0.25) is 0 Å². The van der Waals surface area contributed by atoms with Gasteiger partial charge in [0.15, 0.2) is 0 Å². The molecule has 18 heavy (non-hydrogen) atoms. The molecule has 0 heterocycles. The fraction of sp³-hybridized carbons (Fsp3) is 0.143. The molecule has 0 saturated heterocycles. The highest BCUT2D eigenvalue weighted by atomic mass is 79.9. The minimum absolute atomic E-state index is 0.304. The van der Waals surface area contributed by atoms with Gasteiger partial charge in [0.2, 0.25) is 0 Å². The normalized spacial score (nSPS) is 10.4. The Balaban J connectivity index is 2.36. The average molecular weight is 309 g/mol. The Kier molecular flexibility index (Phi) is 3.87. The molecule has 4 heteroatoms. The third-order valence-corrected chi connectivity index (χ3v) is 3.23. The Morgan fingerprint density at radius 2 is 1.94 bits per heavy atom. The van der Waals surface area contributed by atoms with E-state index in [4.69, 9.17) is 5.73 Å². The molecule has 0 fully saturated rings. The monoisotopic (exact) mass is 308 g/mol. The van der Waals surface area contributed by atoms with Crippen molar-refractivity contribution in [1.82, 2.24) is 0 Å². The summed E-state index contributed by atoms with van der Waals surface area (Å²) in [4.78, 5) is 0. The van der Waals surface area contributed by atoms with Crippen LogP contribution in [0.25, 0.3) is 0 Å². The fourth-order valence-electron chi connectivity index (χ4n) is 1.76. The molecular weight excluding hydrogens is 295 g/mol. The summed E-state index contributed by atoms with van der Waals surface area (Å²) in [5.41, 5.74) is 9.03. The predicted molar refractivity (Wildman–Crippen MR) is 77.6 cm³/mol. The minimum atomic E-state index is -0.304. The molecular formula is C14H14BrFN2. The van der Waals surface area contributed by atoms with Crippen molar-refractivity contribution in [3.63, 3.8) is 0 Å². The van der Waals surface area contributed by atoms with Crippen LogP contribution in [0.1, 0.15) is 12.5 Å². The molecule has 0 aliphatic carbocycles. The van der Waals surface area contributed by atoms with Gasteiger partial charge in [-0.25, -0.2) is 4.39 Å². The number of rotatable bonds is 3. The van der Waals surface area contributed by atoms with Crippen molar-refractivity contribution < 1.29 is 4.39 Å². The standard InChI is InChI=1S/C14H14BrFN2/c1-2-9-7-10(15)3-6-13(9)18-14-8-11(16)4-5-12(14)17/h3-8,18H,2,17H2,1H3. The first-order chi connectivity index (χ1) is 8.60. The van der Waals surface area contributed by atoms with Crippen LogP contribution in [0.15, 0.2) is 40.9 Å². The highest BCUT2D eigenvalue weighted by molar-refractivity contribution is 9.10. The zero-order valence-corrected chi connectivity index (χ0v) is 11.6. The van der Waals surface area contributed by atoms with Gasteiger partial charge in [-0.2, -0.15) is 0 Å². The van der Waals surface area contributed by atoms with E-state index in [2.05, 4.69) is 28.2 Å². The van der Waals surface area contributed by atoms with E-state index in [1.165, 1.54) is 12.1 Å². The number of benzene rings is 2. The van der Waals surface area contributed by atoms with Gasteiger partial charge in [-0.05, 0) is 48.4 Å². The quantitative estimate of drug-likeness (QED) is 0.821. The molecule has 0 aliphatic rings. The van der Waals surface area contributed by atoms with Crippen LogP contribution in [-0.4, -0.2) is 0 Å². The largest absolute Gasteiger partial charge is 0.397 e. The number of halogens is 2. The molecule has 0 bridgehead atoms. The van der Waals surface area contributed by atoms with Crippen molar-refractivity contribution >= 4 is 33.0 Å². The maximum atomic E-state index is 13.2. The van der Waals surface area contributed by atoms with Gasteiger partial charge in [0.25, 0.3) is 0 Å². The van der Waals surface area contributed by atoms with Gasteiger partial charge in [-0.1, -0.05) is 22.9 Å². The number of hydrogen-bond donors (Lipinski definition) is 2. The van der Waals surface area contributed by atoms with Crippen molar-refractivity contribution in [2.24, 2.45) is 0 Å². The van der Waals surface area contributed by atoms with Crippen molar-refractivity contribution in [2.75, 3.05) is 11.1 Å². The van der Waals surface area contributed by atoms with Gasteiger partial charge in [0.1, 0.15) is 5.82 Å². The van der Waals surface area contributed by atoms with E-state index >= 15 is 0 Å². The summed E-state index contributed by atoms with van der Waals surface area (Å²) < 4.78 is 14.2. The summed E-state index contributed by atoms with van der Waals surface area (Å²) >= 11 is 3.44. The number of nitrogens with one attached hydrogen (secondary N) is 1. The van der Waals surface area contributed by atoms with Crippen LogP contribution in [0.3, 0.4) is 0 Å². The van der Waals surface area contributed by atoms with E-state index < -0.39 is 0 Å². The van der Waals surface area contributed by atoms with Crippen LogP contribution < -0.4 is 11.1 Å². The average Bonchev–Trinajstić information content (AvgIpc) is 2.36. The highest BCUT2D eigenvalue weighted by Gasteiger charge is 2.05. The Bertz CT molecular complexity index is 570. The maximum absolute atomic E-state index is 13.2. The smallest absolute Gasteiger partial charge is 0.125 e. The summed E-state index contributed by atoms with van der Waals surface area (Å²) in [6, 6.07) is 10.2. The first kappa shape index (κ1) is 12.9. The number of nitrogen functional groups attached to an aromatic ring is 1. The lowest BCUT2D eigenvalue weighted by atomic mass is 10.1. The van der Waals surface area contributed by atoms with E-state index in [0.29, 0.717) is 11.4 Å². The Morgan fingerprint density at radius 1 is 1.17 bits per heavy atom. The third kappa shape index (κ3) is 2.82. The topological polar surface area (TPSA) is 38.0 Å². The SMILES string of the molecule is CCc1cc(Br)ccc1Nc1cc(F)ccc1N. The van der Waals surface area contributed by atoms with Crippen LogP contribution in [0.5, 0.6) is 0 Å². The second kappa shape index (κ2) is 5.40. The summed E-state index contributed by atoms with van der Waals surface area (Å²) in [5, 5.41) is 3.17. The molecule has 94 valence electrons.